The molecule has 3 heteroatoms. The van der Waals surface area contributed by atoms with Gasteiger partial charge in [-0.2, -0.15) is 0 Å². The predicted octanol–water partition coefficient (Wildman–Crippen LogP) is 6.53. The monoisotopic (exact) mass is 398 g/mol. The summed E-state index contributed by atoms with van der Waals surface area (Å²) in [5.41, 5.74) is 6.05. The van der Waals surface area contributed by atoms with E-state index in [9.17, 15) is 0 Å². The van der Waals surface area contributed by atoms with Crippen molar-refractivity contribution in [3.8, 4) is 5.75 Å². The van der Waals surface area contributed by atoms with E-state index in [4.69, 9.17) is 9.72 Å². The second kappa shape index (κ2) is 9.17. The fraction of sp³-hybridized carbons (Fsp3) is 0.296. The Morgan fingerprint density at radius 3 is 2.50 bits per heavy atom. The Hall–Kier alpha value is -3.07. The van der Waals surface area contributed by atoms with E-state index in [1.807, 2.05) is 0 Å². The third-order valence-electron chi connectivity index (χ3n) is 5.51. The number of aromatic nitrogens is 2. The van der Waals surface area contributed by atoms with Gasteiger partial charge in [-0.25, -0.2) is 4.98 Å². The lowest BCUT2D eigenvalue weighted by Crippen LogP contribution is -2.09. The first-order valence-electron chi connectivity index (χ1n) is 10.8. The van der Waals surface area contributed by atoms with Gasteiger partial charge in [-0.3, -0.25) is 0 Å². The molecule has 0 aliphatic carbocycles. The third-order valence-corrected chi connectivity index (χ3v) is 5.51. The molecular weight excluding hydrogens is 368 g/mol. The van der Waals surface area contributed by atoms with Crippen LogP contribution in [0.2, 0.25) is 0 Å². The maximum atomic E-state index is 6.21. The normalized spacial score (nSPS) is 11.3. The van der Waals surface area contributed by atoms with E-state index in [2.05, 4.69) is 98.1 Å². The first kappa shape index (κ1) is 20.2. The molecule has 1 aromatic heterocycles. The van der Waals surface area contributed by atoms with E-state index < -0.39 is 0 Å². The van der Waals surface area contributed by atoms with E-state index in [0.717, 1.165) is 36.5 Å². The molecule has 0 radical (unpaired) electrons. The number of hydrogen-bond acceptors (Lipinski definition) is 2. The van der Waals surface area contributed by atoms with Crippen LogP contribution in [0, 0.1) is 6.92 Å². The van der Waals surface area contributed by atoms with Gasteiger partial charge >= 0.3 is 0 Å². The van der Waals surface area contributed by atoms with Crippen molar-refractivity contribution < 1.29 is 4.74 Å². The zero-order chi connectivity index (χ0) is 20.9. The average Bonchev–Trinajstić information content (AvgIpc) is 3.09. The van der Waals surface area contributed by atoms with Gasteiger partial charge in [0.1, 0.15) is 11.6 Å². The molecule has 0 unspecified atom stereocenters. The first-order chi connectivity index (χ1) is 14.6. The van der Waals surface area contributed by atoms with Crippen molar-refractivity contribution in [1.82, 2.24) is 9.55 Å². The SMILES string of the molecule is Cc1ccc(C(C)C)c(OCCCn2c(Cc3ccccc3)nc3ccccc32)c1. The maximum Gasteiger partial charge on any atom is 0.123 e. The number of rotatable bonds is 8. The highest BCUT2D eigenvalue weighted by Gasteiger charge is 2.12. The van der Waals surface area contributed by atoms with Gasteiger partial charge in [0.15, 0.2) is 0 Å². The summed E-state index contributed by atoms with van der Waals surface area (Å²) in [6.07, 6.45) is 1.78. The van der Waals surface area contributed by atoms with Gasteiger partial charge in [-0.05, 0) is 54.2 Å². The van der Waals surface area contributed by atoms with Crippen molar-refractivity contribution in [1.29, 1.82) is 0 Å². The highest BCUT2D eigenvalue weighted by molar-refractivity contribution is 5.76. The van der Waals surface area contributed by atoms with Crippen LogP contribution in [0.4, 0.5) is 0 Å². The van der Waals surface area contributed by atoms with Crippen molar-refractivity contribution in [2.75, 3.05) is 6.61 Å². The van der Waals surface area contributed by atoms with E-state index in [1.165, 1.54) is 22.2 Å². The van der Waals surface area contributed by atoms with Crippen molar-refractivity contribution in [3.63, 3.8) is 0 Å². The van der Waals surface area contributed by atoms with Crippen LogP contribution in [0.5, 0.6) is 5.75 Å². The lowest BCUT2D eigenvalue weighted by atomic mass is 10.0. The van der Waals surface area contributed by atoms with Crippen LogP contribution >= 0.6 is 0 Å². The number of hydrogen-bond donors (Lipinski definition) is 0. The van der Waals surface area contributed by atoms with Gasteiger partial charge in [-0.15, -0.1) is 0 Å². The molecule has 30 heavy (non-hydrogen) atoms. The van der Waals surface area contributed by atoms with E-state index >= 15 is 0 Å². The molecule has 4 aromatic rings. The molecule has 0 spiro atoms. The van der Waals surface area contributed by atoms with Crippen LogP contribution in [0.15, 0.2) is 72.8 Å². The molecule has 0 saturated carbocycles. The van der Waals surface area contributed by atoms with Crippen LogP contribution in [0.3, 0.4) is 0 Å². The Bertz CT molecular complexity index is 1110. The minimum Gasteiger partial charge on any atom is -0.493 e. The quantitative estimate of drug-likeness (QED) is 0.316. The predicted molar refractivity (Wildman–Crippen MR) is 124 cm³/mol. The van der Waals surface area contributed by atoms with Crippen LogP contribution in [0.25, 0.3) is 11.0 Å². The summed E-state index contributed by atoms with van der Waals surface area (Å²) < 4.78 is 8.57. The second-order valence-corrected chi connectivity index (χ2v) is 8.23. The summed E-state index contributed by atoms with van der Waals surface area (Å²) in [4.78, 5) is 4.92. The fourth-order valence-corrected chi connectivity index (χ4v) is 3.94. The lowest BCUT2D eigenvalue weighted by molar-refractivity contribution is 0.298. The average molecular weight is 399 g/mol. The molecular formula is C27H30N2O. The summed E-state index contributed by atoms with van der Waals surface area (Å²) in [7, 11) is 0. The van der Waals surface area contributed by atoms with Gasteiger partial charge in [0.2, 0.25) is 0 Å². The summed E-state index contributed by atoms with van der Waals surface area (Å²) in [6.45, 7) is 8.13. The summed E-state index contributed by atoms with van der Waals surface area (Å²) in [5, 5.41) is 0. The van der Waals surface area contributed by atoms with Gasteiger partial charge in [-0.1, -0.05) is 68.4 Å². The summed E-state index contributed by atoms with van der Waals surface area (Å²) >= 11 is 0. The van der Waals surface area contributed by atoms with E-state index in [1.54, 1.807) is 0 Å². The largest absolute Gasteiger partial charge is 0.493 e. The van der Waals surface area contributed by atoms with E-state index in [0.29, 0.717) is 12.5 Å². The Kier molecular flexibility index (Phi) is 6.18. The summed E-state index contributed by atoms with van der Waals surface area (Å²) in [5.74, 6) is 2.58. The highest BCUT2D eigenvalue weighted by Crippen LogP contribution is 2.27. The molecule has 0 aliphatic heterocycles. The number of ether oxygens (including phenoxy) is 1. The fourth-order valence-electron chi connectivity index (χ4n) is 3.94. The minimum atomic E-state index is 0.454. The van der Waals surface area contributed by atoms with Gasteiger partial charge in [0.25, 0.3) is 0 Å². The molecule has 3 nitrogen and oxygen atoms in total. The van der Waals surface area contributed by atoms with Crippen molar-refractivity contribution >= 4 is 11.0 Å². The van der Waals surface area contributed by atoms with Crippen LogP contribution in [0.1, 0.15) is 48.7 Å². The van der Waals surface area contributed by atoms with Gasteiger partial charge in [0.05, 0.1) is 17.6 Å². The standard InChI is InChI=1S/C27H30N2O/c1-20(2)23-15-14-21(3)18-26(23)30-17-9-16-29-25-13-8-7-12-24(25)28-27(29)19-22-10-5-4-6-11-22/h4-8,10-15,18,20H,9,16-17,19H2,1-3H3. The van der Waals surface area contributed by atoms with Crippen LogP contribution in [-0.2, 0) is 13.0 Å². The highest BCUT2D eigenvalue weighted by atomic mass is 16.5. The molecule has 0 bridgehead atoms. The number of fused-ring (bicyclic) bond motifs is 1. The number of imidazole rings is 1. The zero-order valence-corrected chi connectivity index (χ0v) is 18.1. The van der Waals surface area contributed by atoms with E-state index in [-0.39, 0.29) is 0 Å². The third kappa shape index (κ3) is 4.56. The molecule has 0 N–H and O–H groups in total. The van der Waals surface area contributed by atoms with Crippen LogP contribution < -0.4 is 4.74 Å². The molecule has 4 rings (SSSR count). The molecule has 1 heterocycles. The number of benzene rings is 3. The molecule has 0 aliphatic rings. The molecule has 3 aromatic carbocycles. The van der Waals surface area contributed by atoms with Gasteiger partial charge in [0, 0.05) is 13.0 Å². The maximum absolute atomic E-state index is 6.21. The Balaban J connectivity index is 1.49. The minimum absolute atomic E-state index is 0.454. The second-order valence-electron chi connectivity index (χ2n) is 8.23. The lowest BCUT2D eigenvalue weighted by Gasteiger charge is -2.15. The van der Waals surface area contributed by atoms with Crippen LogP contribution in [-0.4, -0.2) is 16.2 Å². The molecule has 154 valence electrons. The summed E-state index contributed by atoms with van der Waals surface area (Å²) in [6, 6.07) is 25.5. The number of nitrogens with zero attached hydrogens (tertiary/aromatic N) is 2. The molecule has 0 saturated heterocycles. The number of aryl methyl sites for hydroxylation is 2. The molecule has 0 amide bonds. The Morgan fingerprint density at radius 2 is 1.70 bits per heavy atom. The Labute approximate surface area is 179 Å². The van der Waals surface area contributed by atoms with Gasteiger partial charge < -0.3 is 9.30 Å². The zero-order valence-electron chi connectivity index (χ0n) is 18.1. The topological polar surface area (TPSA) is 27.1 Å². The molecule has 0 fully saturated rings. The smallest absolute Gasteiger partial charge is 0.123 e. The van der Waals surface area contributed by atoms with Crippen molar-refractivity contribution in [3.05, 3.63) is 95.3 Å². The molecule has 0 atom stereocenters. The first-order valence-corrected chi connectivity index (χ1v) is 10.8. The Morgan fingerprint density at radius 1 is 0.933 bits per heavy atom. The number of para-hydroxylation sites is 2. The van der Waals surface area contributed by atoms with Crippen molar-refractivity contribution in [2.24, 2.45) is 0 Å². The van der Waals surface area contributed by atoms with Crippen molar-refractivity contribution in [2.45, 2.75) is 46.1 Å².